The van der Waals surface area contributed by atoms with Gasteiger partial charge < -0.3 is 4.90 Å². The fourth-order valence-corrected chi connectivity index (χ4v) is 3.77. The SMILES string of the molecule is C[C@@H]1C[C@H](C)CN(C(=O)Cc2ccc(S(=O)(=O)C(F)F)cc2)C1. The number of alkyl halides is 2. The van der Waals surface area contributed by atoms with Crippen LogP contribution in [0.2, 0.25) is 0 Å². The zero-order valence-electron chi connectivity index (χ0n) is 13.2. The second-order valence-corrected chi connectivity index (χ2v) is 8.29. The smallest absolute Gasteiger partial charge is 0.341 e. The summed E-state index contributed by atoms with van der Waals surface area (Å²) < 4.78 is 47.7. The minimum absolute atomic E-state index is 0.0205. The average molecular weight is 345 g/mol. The van der Waals surface area contributed by atoms with Crippen LogP contribution in [-0.4, -0.2) is 38.1 Å². The highest BCUT2D eigenvalue weighted by Crippen LogP contribution is 2.22. The van der Waals surface area contributed by atoms with Crippen molar-refractivity contribution >= 4 is 15.7 Å². The number of benzene rings is 1. The largest absolute Gasteiger partial charge is 0.342 e. The molecule has 0 radical (unpaired) electrons. The van der Waals surface area contributed by atoms with Gasteiger partial charge in [0.2, 0.25) is 15.7 Å². The Bertz CT molecular complexity index is 648. The number of carbonyl (C=O) groups excluding carboxylic acids is 1. The molecule has 0 saturated carbocycles. The van der Waals surface area contributed by atoms with Crippen LogP contribution >= 0.6 is 0 Å². The first-order chi connectivity index (χ1) is 10.7. The van der Waals surface area contributed by atoms with Crippen LogP contribution in [0.4, 0.5) is 8.78 Å². The summed E-state index contributed by atoms with van der Waals surface area (Å²) in [5, 5.41) is 0. The predicted octanol–water partition coefficient (Wildman–Crippen LogP) is 2.73. The van der Waals surface area contributed by atoms with E-state index >= 15 is 0 Å². The average Bonchev–Trinajstić information content (AvgIpc) is 2.46. The molecule has 7 heteroatoms. The predicted molar refractivity (Wildman–Crippen MR) is 82.9 cm³/mol. The molecule has 2 atom stereocenters. The van der Waals surface area contributed by atoms with Crippen molar-refractivity contribution in [2.24, 2.45) is 11.8 Å². The number of likely N-dealkylation sites (tertiary alicyclic amines) is 1. The molecule has 1 aliphatic heterocycles. The molecular formula is C16H21F2NO3S. The maximum Gasteiger partial charge on any atom is 0.341 e. The van der Waals surface area contributed by atoms with E-state index in [0.29, 0.717) is 17.4 Å². The van der Waals surface area contributed by atoms with Gasteiger partial charge in [-0.1, -0.05) is 26.0 Å². The van der Waals surface area contributed by atoms with Crippen LogP contribution in [-0.2, 0) is 21.1 Å². The highest BCUT2D eigenvalue weighted by Gasteiger charge is 2.27. The quantitative estimate of drug-likeness (QED) is 0.843. The highest BCUT2D eigenvalue weighted by atomic mass is 32.2. The van der Waals surface area contributed by atoms with Gasteiger partial charge in [-0.05, 0) is 36.0 Å². The Balaban J connectivity index is 2.05. The van der Waals surface area contributed by atoms with E-state index in [4.69, 9.17) is 0 Å². The molecule has 1 aliphatic rings. The number of amides is 1. The maximum atomic E-state index is 12.5. The summed E-state index contributed by atoms with van der Waals surface area (Å²) in [7, 11) is -4.59. The number of hydrogen-bond donors (Lipinski definition) is 0. The Morgan fingerprint density at radius 2 is 1.70 bits per heavy atom. The Kier molecular flexibility index (Phi) is 5.39. The van der Waals surface area contributed by atoms with Crippen molar-refractivity contribution in [3.63, 3.8) is 0 Å². The van der Waals surface area contributed by atoms with E-state index in [1.165, 1.54) is 12.1 Å². The monoisotopic (exact) mass is 345 g/mol. The molecule has 1 fully saturated rings. The lowest BCUT2D eigenvalue weighted by atomic mass is 9.91. The summed E-state index contributed by atoms with van der Waals surface area (Å²) in [6.45, 7) is 5.67. The van der Waals surface area contributed by atoms with Crippen molar-refractivity contribution in [3.05, 3.63) is 29.8 Å². The third-order valence-electron chi connectivity index (χ3n) is 4.06. The van der Waals surface area contributed by atoms with Crippen LogP contribution in [0.25, 0.3) is 0 Å². The van der Waals surface area contributed by atoms with Gasteiger partial charge in [0.1, 0.15) is 0 Å². The maximum absolute atomic E-state index is 12.5. The van der Waals surface area contributed by atoms with Gasteiger partial charge in [-0.3, -0.25) is 4.79 Å². The molecule has 4 nitrogen and oxygen atoms in total. The van der Waals surface area contributed by atoms with Gasteiger partial charge in [0, 0.05) is 13.1 Å². The summed E-state index contributed by atoms with van der Waals surface area (Å²) in [5.74, 6) is -2.54. The molecule has 1 saturated heterocycles. The lowest BCUT2D eigenvalue weighted by Gasteiger charge is -2.35. The Labute approximate surface area is 135 Å². The van der Waals surface area contributed by atoms with Crippen LogP contribution in [0.3, 0.4) is 0 Å². The molecular weight excluding hydrogens is 324 g/mol. The molecule has 1 aromatic carbocycles. The van der Waals surface area contributed by atoms with Crippen molar-refractivity contribution < 1.29 is 22.0 Å². The Hall–Kier alpha value is -1.50. The van der Waals surface area contributed by atoms with Crippen LogP contribution < -0.4 is 0 Å². The summed E-state index contributed by atoms with van der Waals surface area (Å²) in [4.78, 5) is 13.7. The summed E-state index contributed by atoms with van der Waals surface area (Å²) in [6, 6.07) is 5.10. The van der Waals surface area contributed by atoms with E-state index in [1.54, 1.807) is 0 Å². The van der Waals surface area contributed by atoms with E-state index in [9.17, 15) is 22.0 Å². The first kappa shape index (κ1) is 17.8. The van der Waals surface area contributed by atoms with E-state index in [0.717, 1.165) is 31.6 Å². The molecule has 0 N–H and O–H groups in total. The molecule has 2 rings (SSSR count). The highest BCUT2D eigenvalue weighted by molar-refractivity contribution is 7.91. The first-order valence-electron chi connectivity index (χ1n) is 7.59. The van der Waals surface area contributed by atoms with Crippen LogP contribution in [0.15, 0.2) is 29.2 Å². The lowest BCUT2D eigenvalue weighted by molar-refractivity contribution is -0.133. The lowest BCUT2D eigenvalue weighted by Crippen LogP contribution is -2.43. The molecule has 1 amide bonds. The second kappa shape index (κ2) is 6.95. The molecule has 0 unspecified atom stereocenters. The minimum atomic E-state index is -4.59. The molecule has 0 spiro atoms. The summed E-state index contributed by atoms with van der Waals surface area (Å²) in [6.07, 6.45) is 1.25. The van der Waals surface area contributed by atoms with Gasteiger partial charge >= 0.3 is 5.76 Å². The fraction of sp³-hybridized carbons (Fsp3) is 0.562. The molecule has 128 valence electrons. The van der Waals surface area contributed by atoms with Gasteiger partial charge in [0.05, 0.1) is 11.3 Å². The molecule has 1 aromatic rings. The molecule has 0 bridgehead atoms. The van der Waals surface area contributed by atoms with Crippen LogP contribution in [0.1, 0.15) is 25.8 Å². The number of nitrogens with zero attached hydrogens (tertiary/aromatic N) is 1. The van der Waals surface area contributed by atoms with E-state index < -0.39 is 20.5 Å². The Morgan fingerprint density at radius 3 is 2.17 bits per heavy atom. The topological polar surface area (TPSA) is 54.5 Å². The number of carbonyl (C=O) groups is 1. The number of sulfone groups is 1. The number of piperidine rings is 1. The summed E-state index contributed by atoms with van der Waals surface area (Å²) in [5.41, 5.74) is 0.620. The standard InChI is InChI=1S/C16H21F2NO3S/c1-11-7-12(2)10-19(9-11)15(20)8-13-3-5-14(6-4-13)23(21,22)16(17)18/h3-6,11-12,16H,7-10H2,1-2H3/t11-,12+. The normalized spacial score (nSPS) is 22.4. The molecule has 0 aliphatic carbocycles. The van der Waals surface area contributed by atoms with E-state index in [1.807, 2.05) is 4.90 Å². The van der Waals surface area contributed by atoms with Gasteiger partial charge in [0.25, 0.3) is 0 Å². The van der Waals surface area contributed by atoms with E-state index in [2.05, 4.69) is 13.8 Å². The van der Waals surface area contributed by atoms with Gasteiger partial charge in [0.15, 0.2) is 0 Å². The van der Waals surface area contributed by atoms with Crippen LogP contribution in [0.5, 0.6) is 0 Å². The van der Waals surface area contributed by atoms with Crippen molar-refractivity contribution in [2.75, 3.05) is 13.1 Å². The molecule has 23 heavy (non-hydrogen) atoms. The van der Waals surface area contributed by atoms with Crippen molar-refractivity contribution in [1.82, 2.24) is 4.90 Å². The van der Waals surface area contributed by atoms with Gasteiger partial charge in [-0.2, -0.15) is 8.78 Å². The zero-order valence-corrected chi connectivity index (χ0v) is 14.0. The third-order valence-corrected chi connectivity index (χ3v) is 5.46. The minimum Gasteiger partial charge on any atom is -0.342 e. The summed E-state index contributed by atoms with van der Waals surface area (Å²) >= 11 is 0. The zero-order chi connectivity index (χ0) is 17.2. The third kappa shape index (κ3) is 4.28. The fourth-order valence-electron chi connectivity index (χ4n) is 3.05. The first-order valence-corrected chi connectivity index (χ1v) is 9.13. The Morgan fingerprint density at radius 1 is 1.17 bits per heavy atom. The van der Waals surface area contributed by atoms with Gasteiger partial charge in [-0.15, -0.1) is 0 Å². The van der Waals surface area contributed by atoms with Crippen molar-refractivity contribution in [2.45, 2.75) is 37.3 Å². The van der Waals surface area contributed by atoms with E-state index in [-0.39, 0.29) is 12.3 Å². The second-order valence-electron chi connectivity index (χ2n) is 6.37. The van der Waals surface area contributed by atoms with Crippen LogP contribution in [0, 0.1) is 11.8 Å². The number of rotatable bonds is 4. The van der Waals surface area contributed by atoms with Crippen molar-refractivity contribution in [1.29, 1.82) is 0 Å². The molecule has 0 aromatic heterocycles. The molecule has 1 heterocycles. The van der Waals surface area contributed by atoms with Gasteiger partial charge in [-0.25, -0.2) is 8.42 Å². The van der Waals surface area contributed by atoms with Crippen molar-refractivity contribution in [3.8, 4) is 0 Å². The number of halogens is 2. The number of hydrogen-bond acceptors (Lipinski definition) is 3.